The Balaban J connectivity index is 1.35. The summed E-state index contributed by atoms with van der Waals surface area (Å²) in [5, 5.41) is 3.38. The van der Waals surface area contributed by atoms with E-state index in [1.54, 1.807) is 30.8 Å². The fourth-order valence-corrected chi connectivity index (χ4v) is 4.19. The summed E-state index contributed by atoms with van der Waals surface area (Å²) >= 11 is 1.44. The standard InChI is InChI=1S/C24H27N7OS/c1-4-16-9-17(21-12-28-24(25)33-21)5-6-19(16)11-26-15-29-23(32)18-7-8-27-22(10-18)31-13-20(14-31)30(2)3/h4-12,20H,1,13-15H2,2-3H3,(H2,25,28)(H,29,32)/b26-11-. The van der Waals surface area contributed by atoms with Gasteiger partial charge in [0.15, 0.2) is 5.13 Å². The van der Waals surface area contributed by atoms with Crippen molar-refractivity contribution >= 4 is 40.5 Å². The van der Waals surface area contributed by atoms with Crippen LogP contribution in [0.15, 0.2) is 54.3 Å². The van der Waals surface area contributed by atoms with Gasteiger partial charge < -0.3 is 20.9 Å². The third-order valence-electron chi connectivity index (χ3n) is 5.60. The second-order valence-corrected chi connectivity index (χ2v) is 9.07. The summed E-state index contributed by atoms with van der Waals surface area (Å²) in [6, 6.07) is 10.0. The summed E-state index contributed by atoms with van der Waals surface area (Å²) in [6.07, 6.45) is 6.95. The number of nitrogen functional groups attached to an aromatic ring is 1. The molecule has 0 aliphatic carbocycles. The smallest absolute Gasteiger partial charge is 0.252 e. The molecule has 8 nitrogen and oxygen atoms in total. The van der Waals surface area contributed by atoms with Gasteiger partial charge in [0.2, 0.25) is 0 Å². The van der Waals surface area contributed by atoms with Crippen molar-refractivity contribution in [1.82, 2.24) is 20.2 Å². The topological polar surface area (TPSA) is 99.7 Å². The Morgan fingerprint density at radius 2 is 2.12 bits per heavy atom. The molecule has 0 unspecified atom stereocenters. The van der Waals surface area contributed by atoms with Crippen molar-refractivity contribution in [2.45, 2.75) is 6.04 Å². The Bertz CT molecular complexity index is 1180. The first-order chi connectivity index (χ1) is 15.9. The summed E-state index contributed by atoms with van der Waals surface area (Å²) < 4.78 is 0. The second kappa shape index (κ2) is 9.93. The predicted octanol–water partition coefficient (Wildman–Crippen LogP) is 2.99. The van der Waals surface area contributed by atoms with Gasteiger partial charge in [0.1, 0.15) is 12.5 Å². The van der Waals surface area contributed by atoms with Gasteiger partial charge >= 0.3 is 0 Å². The van der Waals surface area contributed by atoms with Gasteiger partial charge in [-0.15, -0.1) is 0 Å². The highest BCUT2D eigenvalue weighted by Crippen LogP contribution is 2.29. The highest BCUT2D eigenvalue weighted by Gasteiger charge is 2.29. The van der Waals surface area contributed by atoms with Crippen LogP contribution < -0.4 is 16.0 Å². The van der Waals surface area contributed by atoms with Crippen molar-refractivity contribution in [3.05, 3.63) is 66.0 Å². The van der Waals surface area contributed by atoms with Crippen LogP contribution in [-0.2, 0) is 0 Å². The lowest BCUT2D eigenvalue weighted by Crippen LogP contribution is -2.57. The molecule has 1 aliphatic heterocycles. The highest BCUT2D eigenvalue weighted by molar-refractivity contribution is 7.18. The van der Waals surface area contributed by atoms with Crippen LogP contribution in [0.2, 0.25) is 0 Å². The lowest BCUT2D eigenvalue weighted by atomic mass is 10.0. The van der Waals surface area contributed by atoms with Crippen molar-refractivity contribution in [3.8, 4) is 10.4 Å². The monoisotopic (exact) mass is 461 g/mol. The number of likely N-dealkylation sites (N-methyl/N-ethyl adjacent to an activating group) is 1. The maximum Gasteiger partial charge on any atom is 0.252 e. The lowest BCUT2D eigenvalue weighted by Gasteiger charge is -2.43. The molecule has 0 spiro atoms. The van der Waals surface area contributed by atoms with E-state index in [4.69, 9.17) is 5.73 Å². The van der Waals surface area contributed by atoms with E-state index < -0.39 is 0 Å². The Labute approximate surface area is 197 Å². The average Bonchev–Trinajstić information content (AvgIpc) is 3.21. The van der Waals surface area contributed by atoms with E-state index in [0.29, 0.717) is 16.7 Å². The molecule has 4 rings (SSSR count). The van der Waals surface area contributed by atoms with Crippen molar-refractivity contribution in [3.63, 3.8) is 0 Å². The van der Waals surface area contributed by atoms with E-state index in [-0.39, 0.29) is 12.6 Å². The average molecular weight is 462 g/mol. The molecule has 3 heterocycles. The van der Waals surface area contributed by atoms with Crippen molar-refractivity contribution < 1.29 is 4.79 Å². The highest BCUT2D eigenvalue weighted by atomic mass is 32.1. The fraction of sp³-hybridized carbons (Fsp3) is 0.250. The Morgan fingerprint density at radius 1 is 1.30 bits per heavy atom. The number of rotatable bonds is 8. The maximum absolute atomic E-state index is 12.6. The Kier molecular flexibility index (Phi) is 6.81. The molecule has 0 radical (unpaired) electrons. The van der Waals surface area contributed by atoms with Gasteiger partial charge in [-0.3, -0.25) is 9.79 Å². The molecule has 0 saturated carbocycles. The summed E-state index contributed by atoms with van der Waals surface area (Å²) in [5.74, 6) is 0.644. The van der Waals surface area contributed by atoms with Gasteiger partial charge in [-0.2, -0.15) is 0 Å². The van der Waals surface area contributed by atoms with E-state index in [2.05, 4.69) is 50.8 Å². The quantitative estimate of drug-likeness (QED) is 0.501. The molecule has 0 bridgehead atoms. The first-order valence-electron chi connectivity index (χ1n) is 10.6. The molecular weight excluding hydrogens is 434 g/mol. The molecule has 0 atom stereocenters. The van der Waals surface area contributed by atoms with Crippen LogP contribution in [0.1, 0.15) is 21.5 Å². The zero-order valence-electron chi connectivity index (χ0n) is 18.7. The first kappa shape index (κ1) is 22.6. The van der Waals surface area contributed by atoms with E-state index in [1.807, 2.05) is 24.3 Å². The number of carbonyl (C=O) groups is 1. The number of anilines is 2. The molecular formula is C24H27N7OS. The second-order valence-electron chi connectivity index (χ2n) is 8.01. The zero-order valence-corrected chi connectivity index (χ0v) is 19.5. The Hall–Kier alpha value is -3.56. The minimum absolute atomic E-state index is 0.173. The van der Waals surface area contributed by atoms with Crippen molar-refractivity contribution in [2.75, 3.05) is 44.5 Å². The Morgan fingerprint density at radius 3 is 2.82 bits per heavy atom. The third kappa shape index (κ3) is 5.27. The van der Waals surface area contributed by atoms with Crippen LogP contribution in [0.25, 0.3) is 16.5 Å². The number of pyridine rings is 1. The molecule has 33 heavy (non-hydrogen) atoms. The molecule has 1 saturated heterocycles. The molecule has 1 amide bonds. The molecule has 1 aliphatic rings. The number of aliphatic imine (C=N–C) groups is 1. The van der Waals surface area contributed by atoms with Gasteiger partial charge in [-0.25, -0.2) is 9.97 Å². The van der Waals surface area contributed by atoms with Gasteiger partial charge in [0.05, 0.1) is 4.88 Å². The number of amides is 1. The van der Waals surface area contributed by atoms with E-state index in [0.717, 1.165) is 40.5 Å². The summed E-state index contributed by atoms with van der Waals surface area (Å²) in [4.78, 5) is 30.8. The third-order valence-corrected chi connectivity index (χ3v) is 6.48. The maximum atomic E-state index is 12.6. The zero-order chi connectivity index (χ0) is 23.4. The molecule has 9 heteroatoms. The van der Waals surface area contributed by atoms with Crippen LogP contribution in [0.3, 0.4) is 0 Å². The minimum Gasteiger partial charge on any atom is -0.375 e. The van der Waals surface area contributed by atoms with Crippen LogP contribution in [-0.4, -0.2) is 66.9 Å². The van der Waals surface area contributed by atoms with Crippen molar-refractivity contribution in [2.24, 2.45) is 4.99 Å². The molecule has 1 fully saturated rings. The van der Waals surface area contributed by atoms with Gasteiger partial charge in [0, 0.05) is 43.3 Å². The molecule has 3 N–H and O–H groups in total. The van der Waals surface area contributed by atoms with E-state index in [1.165, 1.54) is 11.3 Å². The number of nitrogens with zero attached hydrogens (tertiary/aromatic N) is 5. The predicted molar refractivity (Wildman–Crippen MR) is 136 cm³/mol. The SMILES string of the molecule is C=Cc1cc(-c2cnc(N)s2)ccc1/C=N\CNC(=O)c1ccnc(N2CC(N(C)C)C2)c1. The van der Waals surface area contributed by atoms with Crippen molar-refractivity contribution in [1.29, 1.82) is 0 Å². The number of benzene rings is 1. The molecule has 3 aromatic rings. The molecule has 2 aromatic heterocycles. The summed E-state index contributed by atoms with van der Waals surface area (Å²) in [5.41, 5.74) is 9.19. The number of hydrogen-bond acceptors (Lipinski definition) is 8. The summed E-state index contributed by atoms with van der Waals surface area (Å²) in [7, 11) is 4.15. The van der Waals surface area contributed by atoms with Gasteiger partial charge in [-0.05, 0) is 49.0 Å². The number of thiazole rings is 1. The van der Waals surface area contributed by atoms with Crippen LogP contribution in [0.5, 0.6) is 0 Å². The van der Waals surface area contributed by atoms with Gasteiger partial charge in [0.25, 0.3) is 5.91 Å². The fourth-order valence-electron chi connectivity index (χ4n) is 3.51. The lowest BCUT2D eigenvalue weighted by molar-refractivity contribution is 0.0955. The first-order valence-corrected chi connectivity index (χ1v) is 11.4. The normalized spacial score (nSPS) is 14.0. The number of aromatic nitrogens is 2. The van der Waals surface area contributed by atoms with E-state index in [9.17, 15) is 4.79 Å². The van der Waals surface area contributed by atoms with Crippen LogP contribution >= 0.6 is 11.3 Å². The largest absolute Gasteiger partial charge is 0.375 e. The van der Waals surface area contributed by atoms with E-state index >= 15 is 0 Å². The van der Waals surface area contributed by atoms with Crippen LogP contribution in [0.4, 0.5) is 10.9 Å². The molecule has 1 aromatic carbocycles. The summed E-state index contributed by atoms with van der Waals surface area (Å²) in [6.45, 7) is 5.89. The number of hydrogen-bond donors (Lipinski definition) is 2. The number of nitrogens with two attached hydrogens (primary N) is 1. The number of nitrogens with one attached hydrogen (secondary N) is 1. The minimum atomic E-state index is -0.178. The molecule has 170 valence electrons. The van der Waals surface area contributed by atoms with Gasteiger partial charge in [-0.1, -0.05) is 36.1 Å². The number of carbonyl (C=O) groups excluding carboxylic acids is 1. The van der Waals surface area contributed by atoms with Crippen LogP contribution in [0, 0.1) is 0 Å².